The smallest absolute Gasteiger partial charge is 0.356 e. The number of anilines is 1. The Labute approximate surface area is 157 Å². The van der Waals surface area contributed by atoms with Gasteiger partial charge in [-0.3, -0.25) is 9.59 Å². The summed E-state index contributed by atoms with van der Waals surface area (Å²) in [6, 6.07) is 4.43. The summed E-state index contributed by atoms with van der Waals surface area (Å²) in [7, 11) is 0. The van der Waals surface area contributed by atoms with Crippen molar-refractivity contribution in [2.45, 2.75) is 58.0 Å². The first-order valence-electron chi connectivity index (χ1n) is 9.57. The minimum Gasteiger partial charge on any atom is -0.356 e. The minimum absolute atomic E-state index is 0.0539. The van der Waals surface area contributed by atoms with Crippen LogP contribution in [0.5, 0.6) is 0 Å². The van der Waals surface area contributed by atoms with Crippen LogP contribution in [-0.4, -0.2) is 18.4 Å². The Bertz CT molecular complexity index is 621. The van der Waals surface area contributed by atoms with E-state index in [1.807, 2.05) is 0 Å². The molecule has 0 radical (unpaired) electrons. The van der Waals surface area contributed by atoms with Crippen LogP contribution >= 0.6 is 0 Å². The van der Waals surface area contributed by atoms with Gasteiger partial charge in [-0.05, 0) is 56.4 Å². The van der Waals surface area contributed by atoms with Crippen LogP contribution in [-0.2, 0) is 15.8 Å². The van der Waals surface area contributed by atoms with Crippen LogP contribution in [0.25, 0.3) is 0 Å². The highest BCUT2D eigenvalue weighted by Crippen LogP contribution is 2.31. The van der Waals surface area contributed by atoms with Crippen molar-refractivity contribution in [3.8, 4) is 0 Å². The van der Waals surface area contributed by atoms with Crippen molar-refractivity contribution >= 4 is 17.5 Å². The van der Waals surface area contributed by atoms with Gasteiger partial charge in [0.2, 0.25) is 11.8 Å². The Balaban J connectivity index is 1.77. The molecule has 0 spiro atoms. The molecular weight excluding hydrogens is 357 g/mol. The quantitative estimate of drug-likeness (QED) is 0.666. The molecule has 0 atom stereocenters. The fourth-order valence-corrected chi connectivity index (χ4v) is 3.34. The zero-order chi connectivity index (χ0) is 19.9. The van der Waals surface area contributed by atoms with Gasteiger partial charge in [0, 0.05) is 24.1 Å². The first-order chi connectivity index (χ1) is 12.8. The summed E-state index contributed by atoms with van der Waals surface area (Å²) in [4.78, 5) is 24.5. The molecule has 1 aliphatic carbocycles. The fraction of sp³-hybridized carbons (Fsp3) is 0.600. The number of rotatable bonds is 7. The van der Waals surface area contributed by atoms with Crippen LogP contribution in [0, 0.1) is 11.8 Å². The Morgan fingerprint density at radius 1 is 0.963 bits per heavy atom. The van der Waals surface area contributed by atoms with Crippen molar-refractivity contribution < 1.29 is 22.8 Å². The standard InChI is InChI=1S/C20H27F3N2O2/c1-2-3-4-13-24-18(26)14-5-7-15(8-6-14)19(27)25-17-11-9-16(10-12-17)20(21,22)23/h9-12,14-15H,2-8,13H2,1H3,(H,24,26)(H,25,27). The SMILES string of the molecule is CCCCCNC(=O)C1CCC(C(=O)Nc2ccc(C(F)(F)F)cc2)CC1. The third kappa shape index (κ3) is 6.56. The Morgan fingerprint density at radius 3 is 2.04 bits per heavy atom. The summed E-state index contributed by atoms with van der Waals surface area (Å²) in [5.74, 6) is -0.401. The van der Waals surface area contributed by atoms with Gasteiger partial charge < -0.3 is 10.6 Å². The molecule has 0 aromatic heterocycles. The predicted molar refractivity (Wildman–Crippen MR) is 98.1 cm³/mol. The maximum atomic E-state index is 12.6. The van der Waals surface area contributed by atoms with Crippen LogP contribution in [0.1, 0.15) is 57.4 Å². The van der Waals surface area contributed by atoms with Crippen molar-refractivity contribution in [3.63, 3.8) is 0 Å². The highest BCUT2D eigenvalue weighted by atomic mass is 19.4. The highest BCUT2D eigenvalue weighted by molar-refractivity contribution is 5.92. The average molecular weight is 384 g/mol. The molecule has 0 unspecified atom stereocenters. The van der Waals surface area contributed by atoms with Gasteiger partial charge >= 0.3 is 6.18 Å². The summed E-state index contributed by atoms with van der Waals surface area (Å²) in [5, 5.41) is 5.63. The van der Waals surface area contributed by atoms with E-state index in [0.29, 0.717) is 37.9 Å². The van der Waals surface area contributed by atoms with Gasteiger partial charge in [-0.2, -0.15) is 13.2 Å². The van der Waals surface area contributed by atoms with Crippen molar-refractivity contribution in [2.75, 3.05) is 11.9 Å². The van der Waals surface area contributed by atoms with Gasteiger partial charge in [0.1, 0.15) is 0 Å². The molecule has 1 aliphatic rings. The van der Waals surface area contributed by atoms with E-state index in [1.54, 1.807) is 0 Å². The summed E-state index contributed by atoms with van der Waals surface area (Å²) in [5.41, 5.74) is -0.394. The summed E-state index contributed by atoms with van der Waals surface area (Å²) in [6.45, 7) is 2.81. The molecule has 2 rings (SSSR count). The molecular formula is C20H27F3N2O2. The van der Waals surface area contributed by atoms with Crippen molar-refractivity contribution in [3.05, 3.63) is 29.8 Å². The lowest BCUT2D eigenvalue weighted by Crippen LogP contribution is -2.35. The third-order valence-corrected chi connectivity index (χ3v) is 5.03. The lowest BCUT2D eigenvalue weighted by atomic mass is 9.81. The molecule has 2 amide bonds. The molecule has 0 heterocycles. The number of amides is 2. The van der Waals surface area contributed by atoms with Gasteiger partial charge in [-0.15, -0.1) is 0 Å². The first kappa shape index (κ1) is 21.3. The monoisotopic (exact) mass is 384 g/mol. The van der Waals surface area contributed by atoms with Crippen molar-refractivity contribution in [1.29, 1.82) is 0 Å². The van der Waals surface area contributed by atoms with E-state index in [4.69, 9.17) is 0 Å². The zero-order valence-electron chi connectivity index (χ0n) is 15.6. The molecule has 1 fully saturated rings. The van der Waals surface area contributed by atoms with Crippen LogP contribution < -0.4 is 10.6 Å². The summed E-state index contributed by atoms with van der Waals surface area (Å²) in [6.07, 6.45) is 1.33. The van der Waals surface area contributed by atoms with Crippen molar-refractivity contribution in [1.82, 2.24) is 5.32 Å². The van der Waals surface area contributed by atoms with E-state index in [2.05, 4.69) is 17.6 Å². The first-order valence-corrected chi connectivity index (χ1v) is 9.57. The topological polar surface area (TPSA) is 58.2 Å². The molecule has 2 N–H and O–H groups in total. The van der Waals surface area contributed by atoms with E-state index in [-0.39, 0.29) is 23.7 Å². The number of nitrogens with one attached hydrogen (secondary N) is 2. The molecule has 150 valence electrons. The second kappa shape index (κ2) is 9.76. The Kier molecular flexibility index (Phi) is 7.68. The lowest BCUT2D eigenvalue weighted by molar-refractivity contribution is -0.137. The summed E-state index contributed by atoms with van der Waals surface area (Å²) >= 11 is 0. The Morgan fingerprint density at radius 2 is 1.52 bits per heavy atom. The predicted octanol–water partition coefficient (Wildman–Crippen LogP) is 4.76. The number of hydrogen-bond acceptors (Lipinski definition) is 2. The fourth-order valence-electron chi connectivity index (χ4n) is 3.34. The molecule has 1 aromatic rings. The lowest BCUT2D eigenvalue weighted by Gasteiger charge is -2.27. The number of hydrogen-bond donors (Lipinski definition) is 2. The molecule has 0 aliphatic heterocycles. The van der Waals surface area contributed by atoms with Gasteiger partial charge in [0.05, 0.1) is 5.56 Å². The van der Waals surface area contributed by atoms with E-state index in [1.165, 1.54) is 12.1 Å². The second-order valence-electron chi connectivity index (χ2n) is 7.11. The third-order valence-electron chi connectivity index (χ3n) is 5.03. The molecule has 1 aromatic carbocycles. The Hall–Kier alpha value is -2.05. The number of halogens is 3. The number of carbonyl (C=O) groups excluding carboxylic acids is 2. The largest absolute Gasteiger partial charge is 0.416 e. The second-order valence-corrected chi connectivity index (χ2v) is 7.11. The van der Waals surface area contributed by atoms with Gasteiger partial charge in [-0.1, -0.05) is 19.8 Å². The van der Waals surface area contributed by atoms with Crippen LogP contribution in [0.2, 0.25) is 0 Å². The minimum atomic E-state index is -4.39. The summed E-state index contributed by atoms with van der Waals surface area (Å²) < 4.78 is 37.7. The van der Waals surface area contributed by atoms with Gasteiger partial charge in [0.25, 0.3) is 0 Å². The molecule has 0 bridgehead atoms. The van der Waals surface area contributed by atoms with Crippen LogP contribution in [0.15, 0.2) is 24.3 Å². The van der Waals surface area contributed by atoms with Gasteiger partial charge in [-0.25, -0.2) is 0 Å². The van der Waals surface area contributed by atoms with E-state index in [9.17, 15) is 22.8 Å². The number of benzene rings is 1. The van der Waals surface area contributed by atoms with E-state index in [0.717, 1.165) is 31.4 Å². The number of unbranched alkanes of at least 4 members (excludes halogenated alkanes) is 2. The molecule has 1 saturated carbocycles. The molecule has 7 heteroatoms. The highest BCUT2D eigenvalue weighted by Gasteiger charge is 2.31. The van der Waals surface area contributed by atoms with E-state index >= 15 is 0 Å². The van der Waals surface area contributed by atoms with E-state index < -0.39 is 11.7 Å². The number of carbonyl (C=O) groups is 2. The normalized spacial score (nSPS) is 20.1. The van der Waals surface area contributed by atoms with Crippen LogP contribution in [0.4, 0.5) is 18.9 Å². The number of alkyl halides is 3. The maximum Gasteiger partial charge on any atom is 0.416 e. The maximum absolute atomic E-state index is 12.6. The van der Waals surface area contributed by atoms with Crippen LogP contribution in [0.3, 0.4) is 0 Å². The average Bonchev–Trinajstić information content (AvgIpc) is 2.65. The zero-order valence-corrected chi connectivity index (χ0v) is 15.6. The van der Waals surface area contributed by atoms with Crippen molar-refractivity contribution in [2.24, 2.45) is 11.8 Å². The molecule has 4 nitrogen and oxygen atoms in total. The van der Waals surface area contributed by atoms with Gasteiger partial charge in [0.15, 0.2) is 0 Å². The molecule has 0 saturated heterocycles. The molecule has 27 heavy (non-hydrogen) atoms.